The number of aryl methyl sites for hydroxylation is 1. The Bertz CT molecular complexity index is 473. The Morgan fingerprint density at radius 2 is 2.00 bits per heavy atom. The van der Waals surface area contributed by atoms with Crippen molar-refractivity contribution in [2.24, 2.45) is 0 Å². The smallest absolute Gasteiger partial charge is 0.161 e. The first-order valence-electron chi connectivity index (χ1n) is 4.60. The Morgan fingerprint density at radius 1 is 1.29 bits per heavy atom. The maximum atomic E-state index is 5.85. The van der Waals surface area contributed by atoms with Crippen molar-refractivity contribution in [3.05, 3.63) is 23.1 Å². The van der Waals surface area contributed by atoms with Gasteiger partial charge in [0.1, 0.15) is 16.5 Å². The topological polar surface area (TPSA) is 30.7 Å². The lowest BCUT2D eigenvalue weighted by Gasteiger charge is -2.09. The van der Waals surface area contributed by atoms with E-state index in [1.807, 2.05) is 13.0 Å². The number of pyridine rings is 1. The molecule has 0 N–H and O–H groups in total. The third-order valence-corrected chi connectivity index (χ3v) is 2.41. The van der Waals surface area contributed by atoms with Gasteiger partial charge in [-0.25, -0.2) is 9.97 Å². The summed E-state index contributed by atoms with van der Waals surface area (Å²) in [6.45, 7) is 6.20. The molecule has 0 aliphatic rings. The summed E-state index contributed by atoms with van der Waals surface area (Å²) < 4.78 is 2.08. The normalized spacial score (nSPS) is 11.5. The molecule has 2 aromatic heterocycles. The van der Waals surface area contributed by atoms with Crippen LogP contribution in [-0.4, -0.2) is 14.5 Å². The van der Waals surface area contributed by atoms with Crippen LogP contribution in [0.2, 0.25) is 5.15 Å². The van der Waals surface area contributed by atoms with Gasteiger partial charge >= 0.3 is 0 Å². The summed E-state index contributed by atoms with van der Waals surface area (Å²) in [5.41, 5.74) is 1.77. The second-order valence-corrected chi connectivity index (χ2v) is 3.99. The zero-order valence-corrected chi connectivity index (χ0v) is 9.21. The van der Waals surface area contributed by atoms with Gasteiger partial charge in [-0.3, -0.25) is 0 Å². The first kappa shape index (κ1) is 9.46. The molecule has 2 rings (SSSR count). The molecular weight excluding hydrogens is 198 g/mol. The maximum absolute atomic E-state index is 5.85. The van der Waals surface area contributed by atoms with Gasteiger partial charge < -0.3 is 4.57 Å². The van der Waals surface area contributed by atoms with E-state index in [4.69, 9.17) is 11.6 Å². The van der Waals surface area contributed by atoms with Crippen LogP contribution in [0.3, 0.4) is 0 Å². The number of imidazole rings is 1. The molecule has 0 aliphatic carbocycles. The van der Waals surface area contributed by atoms with Crippen LogP contribution in [0.5, 0.6) is 0 Å². The van der Waals surface area contributed by atoms with Crippen molar-refractivity contribution in [3.8, 4) is 0 Å². The predicted octanol–water partition coefficient (Wildman–Crippen LogP) is 2.97. The fourth-order valence-corrected chi connectivity index (χ4v) is 1.83. The van der Waals surface area contributed by atoms with Gasteiger partial charge in [-0.15, -0.1) is 0 Å². The van der Waals surface area contributed by atoms with Crippen molar-refractivity contribution in [3.63, 3.8) is 0 Å². The van der Waals surface area contributed by atoms with Crippen molar-refractivity contribution in [1.29, 1.82) is 0 Å². The van der Waals surface area contributed by atoms with Gasteiger partial charge in [0, 0.05) is 6.04 Å². The number of nitrogens with zero attached hydrogens (tertiary/aromatic N) is 3. The van der Waals surface area contributed by atoms with E-state index >= 15 is 0 Å². The van der Waals surface area contributed by atoms with Crippen LogP contribution in [0.1, 0.15) is 25.7 Å². The van der Waals surface area contributed by atoms with Crippen LogP contribution in [0.15, 0.2) is 12.1 Å². The SMILES string of the molecule is Cc1nc2ccc(Cl)nc2n1C(C)C. The Kier molecular flexibility index (Phi) is 2.19. The molecule has 0 spiro atoms. The van der Waals surface area contributed by atoms with E-state index in [0.29, 0.717) is 11.2 Å². The molecule has 0 aromatic carbocycles. The fourth-order valence-electron chi connectivity index (χ4n) is 1.68. The van der Waals surface area contributed by atoms with Gasteiger partial charge in [-0.1, -0.05) is 11.6 Å². The van der Waals surface area contributed by atoms with Gasteiger partial charge in [-0.2, -0.15) is 0 Å². The molecule has 0 amide bonds. The van der Waals surface area contributed by atoms with Gasteiger partial charge in [0.2, 0.25) is 0 Å². The maximum Gasteiger partial charge on any atom is 0.161 e. The minimum atomic E-state index is 0.353. The molecule has 0 unspecified atom stereocenters. The van der Waals surface area contributed by atoms with Crippen molar-refractivity contribution in [2.75, 3.05) is 0 Å². The quantitative estimate of drug-likeness (QED) is 0.676. The highest BCUT2D eigenvalue weighted by molar-refractivity contribution is 6.29. The molecule has 4 heteroatoms. The second-order valence-electron chi connectivity index (χ2n) is 3.60. The minimum Gasteiger partial charge on any atom is -0.310 e. The summed E-state index contributed by atoms with van der Waals surface area (Å²) in [5.74, 6) is 0.977. The van der Waals surface area contributed by atoms with E-state index in [1.54, 1.807) is 6.07 Å². The monoisotopic (exact) mass is 209 g/mol. The number of hydrogen-bond donors (Lipinski definition) is 0. The molecule has 0 fully saturated rings. The number of hydrogen-bond acceptors (Lipinski definition) is 2. The molecule has 0 radical (unpaired) electrons. The highest BCUT2D eigenvalue weighted by atomic mass is 35.5. The third-order valence-electron chi connectivity index (χ3n) is 2.20. The largest absolute Gasteiger partial charge is 0.310 e. The summed E-state index contributed by atoms with van der Waals surface area (Å²) in [6, 6.07) is 4.02. The summed E-state index contributed by atoms with van der Waals surface area (Å²) in [6.07, 6.45) is 0. The van der Waals surface area contributed by atoms with Gasteiger partial charge in [-0.05, 0) is 32.9 Å². The molecule has 0 atom stereocenters. The third kappa shape index (κ3) is 1.38. The molecule has 3 nitrogen and oxygen atoms in total. The molecule has 0 bridgehead atoms. The van der Waals surface area contributed by atoms with E-state index in [9.17, 15) is 0 Å². The van der Waals surface area contributed by atoms with E-state index in [2.05, 4.69) is 28.4 Å². The molecule has 0 saturated carbocycles. The number of halogens is 1. The second kappa shape index (κ2) is 3.24. The molecule has 0 saturated heterocycles. The Morgan fingerprint density at radius 3 is 2.64 bits per heavy atom. The number of rotatable bonds is 1. The average Bonchev–Trinajstić information content (AvgIpc) is 2.40. The summed E-state index contributed by atoms with van der Waals surface area (Å²) in [5, 5.41) is 0.513. The van der Waals surface area contributed by atoms with E-state index in [-0.39, 0.29) is 0 Å². The van der Waals surface area contributed by atoms with Crippen LogP contribution < -0.4 is 0 Å². The molecule has 2 aromatic rings. The van der Waals surface area contributed by atoms with Crippen molar-refractivity contribution < 1.29 is 0 Å². The molecule has 0 aliphatic heterocycles. The van der Waals surface area contributed by atoms with Crippen LogP contribution >= 0.6 is 11.6 Å². The van der Waals surface area contributed by atoms with Gasteiger partial charge in [0.05, 0.1) is 0 Å². The van der Waals surface area contributed by atoms with Gasteiger partial charge in [0.15, 0.2) is 5.65 Å². The molecular formula is C10H12ClN3. The van der Waals surface area contributed by atoms with Crippen molar-refractivity contribution in [1.82, 2.24) is 14.5 Å². The van der Waals surface area contributed by atoms with Crippen LogP contribution in [-0.2, 0) is 0 Å². The van der Waals surface area contributed by atoms with E-state index in [0.717, 1.165) is 17.0 Å². The minimum absolute atomic E-state index is 0.353. The van der Waals surface area contributed by atoms with Crippen molar-refractivity contribution in [2.45, 2.75) is 26.8 Å². The highest BCUT2D eigenvalue weighted by Gasteiger charge is 2.11. The van der Waals surface area contributed by atoms with E-state index in [1.165, 1.54) is 0 Å². The zero-order chi connectivity index (χ0) is 10.3. The van der Waals surface area contributed by atoms with Crippen LogP contribution in [0.4, 0.5) is 0 Å². The Balaban J connectivity index is 2.79. The summed E-state index contributed by atoms with van der Waals surface area (Å²) in [4.78, 5) is 8.70. The highest BCUT2D eigenvalue weighted by Crippen LogP contribution is 2.20. The standard InChI is InChI=1S/C10H12ClN3/c1-6(2)14-7(3)12-8-4-5-9(11)13-10(8)14/h4-6H,1-3H3. The Labute approximate surface area is 87.7 Å². The lowest BCUT2D eigenvalue weighted by atomic mass is 10.3. The number of fused-ring (bicyclic) bond motifs is 1. The average molecular weight is 210 g/mol. The Hall–Kier alpha value is -1.09. The lowest BCUT2D eigenvalue weighted by Crippen LogP contribution is -2.03. The first-order valence-corrected chi connectivity index (χ1v) is 4.98. The molecule has 74 valence electrons. The van der Waals surface area contributed by atoms with Gasteiger partial charge in [0.25, 0.3) is 0 Å². The summed E-state index contributed by atoms with van der Waals surface area (Å²) >= 11 is 5.85. The van der Waals surface area contributed by atoms with E-state index < -0.39 is 0 Å². The van der Waals surface area contributed by atoms with Crippen LogP contribution in [0, 0.1) is 6.92 Å². The molecule has 2 heterocycles. The zero-order valence-electron chi connectivity index (χ0n) is 8.45. The predicted molar refractivity (Wildman–Crippen MR) is 57.7 cm³/mol. The number of aromatic nitrogens is 3. The van der Waals surface area contributed by atoms with Crippen LogP contribution in [0.25, 0.3) is 11.2 Å². The fraction of sp³-hybridized carbons (Fsp3) is 0.400. The summed E-state index contributed by atoms with van der Waals surface area (Å²) in [7, 11) is 0. The lowest BCUT2D eigenvalue weighted by molar-refractivity contribution is 0.595. The van der Waals surface area contributed by atoms with Crippen molar-refractivity contribution >= 4 is 22.8 Å². The first-order chi connectivity index (χ1) is 6.59. The molecule has 14 heavy (non-hydrogen) atoms.